The number of hydrogen-bond donors (Lipinski definition) is 2. The quantitative estimate of drug-likeness (QED) is 0.779. The molecule has 0 atom stereocenters. The minimum Gasteiger partial charge on any atom is -0.393 e. The van der Waals surface area contributed by atoms with Crippen molar-refractivity contribution in [2.75, 3.05) is 0 Å². The highest BCUT2D eigenvalue weighted by Gasteiger charge is 2.30. The molecule has 15 heavy (non-hydrogen) atoms. The molecule has 0 aliphatic heterocycles. The van der Waals surface area contributed by atoms with E-state index in [1.807, 2.05) is 18.2 Å². The summed E-state index contributed by atoms with van der Waals surface area (Å²) in [6, 6.07) is 5.71. The third-order valence-corrected chi connectivity index (χ3v) is 3.29. The number of fused-ring (bicyclic) bond motifs is 1. The molecule has 3 rings (SSSR count). The summed E-state index contributed by atoms with van der Waals surface area (Å²) in [7, 11) is 0. The fraction of sp³-hybridized carbons (Fsp3) is 0.364. The molecule has 1 aliphatic rings. The van der Waals surface area contributed by atoms with Gasteiger partial charge >= 0.3 is 0 Å². The fourth-order valence-corrected chi connectivity index (χ4v) is 2.24. The summed E-state index contributed by atoms with van der Waals surface area (Å²) in [5.74, 6) is 1.31. The van der Waals surface area contributed by atoms with Gasteiger partial charge in [0.1, 0.15) is 11.3 Å². The molecule has 78 valence electrons. The van der Waals surface area contributed by atoms with E-state index in [0.717, 1.165) is 29.7 Å². The number of H-pyrrole nitrogens is 1. The van der Waals surface area contributed by atoms with Crippen LogP contribution in [0.2, 0.25) is 5.02 Å². The molecule has 0 amide bonds. The van der Waals surface area contributed by atoms with Crippen LogP contribution in [0.5, 0.6) is 0 Å². The number of aliphatic hydroxyl groups excluding tert-OH is 1. The largest absolute Gasteiger partial charge is 0.393 e. The summed E-state index contributed by atoms with van der Waals surface area (Å²) < 4.78 is 0. The van der Waals surface area contributed by atoms with E-state index >= 15 is 0 Å². The van der Waals surface area contributed by atoms with Gasteiger partial charge in [-0.15, -0.1) is 0 Å². The normalized spacial score (nSPS) is 25.5. The summed E-state index contributed by atoms with van der Waals surface area (Å²) in [4.78, 5) is 7.72. The summed E-state index contributed by atoms with van der Waals surface area (Å²) in [5.41, 5.74) is 1.80. The van der Waals surface area contributed by atoms with Crippen molar-refractivity contribution < 1.29 is 5.11 Å². The Labute approximate surface area is 92.1 Å². The van der Waals surface area contributed by atoms with Gasteiger partial charge in [0.25, 0.3) is 0 Å². The van der Waals surface area contributed by atoms with Gasteiger partial charge in [-0.1, -0.05) is 17.7 Å². The van der Waals surface area contributed by atoms with Crippen LogP contribution in [0.3, 0.4) is 0 Å². The second kappa shape index (κ2) is 3.22. The number of rotatable bonds is 1. The Morgan fingerprint density at radius 3 is 2.87 bits per heavy atom. The number of aromatic nitrogens is 2. The van der Waals surface area contributed by atoms with Gasteiger partial charge in [0, 0.05) is 5.92 Å². The second-order valence-electron chi connectivity index (χ2n) is 4.08. The number of aromatic amines is 1. The average Bonchev–Trinajstić information content (AvgIpc) is 2.58. The number of para-hydroxylation sites is 1. The van der Waals surface area contributed by atoms with Crippen LogP contribution < -0.4 is 0 Å². The Morgan fingerprint density at radius 1 is 1.40 bits per heavy atom. The molecule has 1 aliphatic carbocycles. The Hall–Kier alpha value is -1.06. The molecular formula is C11H11ClN2O. The van der Waals surface area contributed by atoms with Crippen molar-refractivity contribution in [1.29, 1.82) is 0 Å². The van der Waals surface area contributed by atoms with E-state index in [1.165, 1.54) is 0 Å². The molecule has 0 bridgehead atoms. The van der Waals surface area contributed by atoms with Gasteiger partial charge in [-0.3, -0.25) is 0 Å². The van der Waals surface area contributed by atoms with Crippen LogP contribution in [0.25, 0.3) is 11.0 Å². The lowest BCUT2D eigenvalue weighted by atomic mass is 9.82. The van der Waals surface area contributed by atoms with Crippen molar-refractivity contribution in [2.24, 2.45) is 0 Å². The van der Waals surface area contributed by atoms with Crippen molar-refractivity contribution in [1.82, 2.24) is 9.97 Å². The van der Waals surface area contributed by atoms with Crippen LogP contribution in [0, 0.1) is 0 Å². The number of halogens is 1. The molecule has 1 aromatic carbocycles. The first-order valence-corrected chi connectivity index (χ1v) is 5.44. The molecule has 2 aromatic rings. The third-order valence-electron chi connectivity index (χ3n) is 2.98. The van der Waals surface area contributed by atoms with Gasteiger partial charge in [-0.25, -0.2) is 4.98 Å². The SMILES string of the molecule is OC1CC(c2nc3c(Cl)cccc3[nH]2)C1. The third kappa shape index (κ3) is 1.43. The van der Waals surface area contributed by atoms with Gasteiger partial charge in [-0.2, -0.15) is 0 Å². The molecule has 4 heteroatoms. The lowest BCUT2D eigenvalue weighted by Gasteiger charge is -2.29. The van der Waals surface area contributed by atoms with Crippen LogP contribution in [0.15, 0.2) is 18.2 Å². The predicted octanol–water partition coefficient (Wildman–Crippen LogP) is 2.45. The first kappa shape index (κ1) is 9.19. The van der Waals surface area contributed by atoms with Crippen molar-refractivity contribution in [3.8, 4) is 0 Å². The van der Waals surface area contributed by atoms with Crippen molar-refractivity contribution in [2.45, 2.75) is 24.9 Å². The zero-order valence-corrected chi connectivity index (χ0v) is 8.83. The molecule has 1 fully saturated rings. The first-order chi connectivity index (χ1) is 7.24. The topological polar surface area (TPSA) is 48.9 Å². The van der Waals surface area contributed by atoms with Gasteiger partial charge in [-0.05, 0) is 25.0 Å². The molecule has 1 saturated carbocycles. The number of benzene rings is 1. The van der Waals surface area contributed by atoms with Gasteiger partial charge in [0.15, 0.2) is 0 Å². The highest BCUT2D eigenvalue weighted by Crippen LogP contribution is 2.36. The van der Waals surface area contributed by atoms with Crippen molar-refractivity contribution >= 4 is 22.6 Å². The zero-order chi connectivity index (χ0) is 10.4. The van der Waals surface area contributed by atoms with Crippen molar-refractivity contribution in [3.63, 3.8) is 0 Å². The van der Waals surface area contributed by atoms with E-state index < -0.39 is 0 Å². The summed E-state index contributed by atoms with van der Waals surface area (Å²) in [6.07, 6.45) is 1.45. The number of hydrogen-bond acceptors (Lipinski definition) is 2. The van der Waals surface area contributed by atoms with Gasteiger partial charge < -0.3 is 10.1 Å². The predicted molar refractivity (Wildman–Crippen MR) is 59.1 cm³/mol. The second-order valence-corrected chi connectivity index (χ2v) is 4.49. The minimum absolute atomic E-state index is 0.154. The average molecular weight is 223 g/mol. The highest BCUT2D eigenvalue weighted by atomic mass is 35.5. The molecule has 0 radical (unpaired) electrons. The molecule has 2 N–H and O–H groups in total. The maximum atomic E-state index is 9.24. The summed E-state index contributed by atoms with van der Waals surface area (Å²) in [5, 5.41) is 9.92. The van der Waals surface area contributed by atoms with E-state index in [1.54, 1.807) is 0 Å². The monoisotopic (exact) mass is 222 g/mol. The Kier molecular flexibility index (Phi) is 1.97. The summed E-state index contributed by atoms with van der Waals surface area (Å²) in [6.45, 7) is 0. The Bertz CT molecular complexity index is 502. The first-order valence-electron chi connectivity index (χ1n) is 5.06. The van der Waals surface area contributed by atoms with Crippen LogP contribution in [0.4, 0.5) is 0 Å². The van der Waals surface area contributed by atoms with Crippen LogP contribution in [-0.2, 0) is 0 Å². The van der Waals surface area contributed by atoms with Crippen LogP contribution >= 0.6 is 11.6 Å². The highest BCUT2D eigenvalue weighted by molar-refractivity contribution is 6.34. The van der Waals surface area contributed by atoms with Crippen LogP contribution in [0.1, 0.15) is 24.6 Å². The molecule has 0 spiro atoms. The molecule has 0 unspecified atom stereocenters. The molecule has 3 nitrogen and oxygen atoms in total. The van der Waals surface area contributed by atoms with Crippen molar-refractivity contribution in [3.05, 3.63) is 29.0 Å². The van der Waals surface area contributed by atoms with Crippen LogP contribution in [-0.4, -0.2) is 21.2 Å². The molecular weight excluding hydrogens is 212 g/mol. The smallest absolute Gasteiger partial charge is 0.110 e. The number of nitrogens with zero attached hydrogens (tertiary/aromatic N) is 1. The lowest BCUT2D eigenvalue weighted by Crippen LogP contribution is -2.27. The number of aliphatic hydroxyl groups is 1. The van der Waals surface area contributed by atoms with Gasteiger partial charge in [0.2, 0.25) is 0 Å². The Balaban J connectivity index is 2.03. The molecule has 1 aromatic heterocycles. The number of imidazole rings is 1. The maximum absolute atomic E-state index is 9.24. The zero-order valence-electron chi connectivity index (χ0n) is 8.07. The number of nitrogens with one attached hydrogen (secondary N) is 1. The van der Waals surface area contributed by atoms with E-state index in [-0.39, 0.29) is 6.10 Å². The summed E-state index contributed by atoms with van der Waals surface area (Å²) >= 11 is 6.03. The maximum Gasteiger partial charge on any atom is 0.110 e. The van der Waals surface area contributed by atoms with Gasteiger partial charge in [0.05, 0.1) is 16.6 Å². The molecule has 1 heterocycles. The lowest BCUT2D eigenvalue weighted by molar-refractivity contribution is 0.0720. The van der Waals surface area contributed by atoms with E-state index in [2.05, 4.69) is 9.97 Å². The molecule has 0 saturated heterocycles. The minimum atomic E-state index is -0.154. The van der Waals surface area contributed by atoms with E-state index in [0.29, 0.717) is 10.9 Å². The Morgan fingerprint density at radius 2 is 2.20 bits per heavy atom. The fourth-order valence-electron chi connectivity index (χ4n) is 2.02. The van der Waals surface area contributed by atoms with E-state index in [4.69, 9.17) is 11.6 Å². The van der Waals surface area contributed by atoms with E-state index in [9.17, 15) is 5.11 Å². The standard InChI is InChI=1S/C11H11ClN2O/c12-8-2-1-3-9-10(8)14-11(13-9)6-4-7(15)5-6/h1-3,6-7,15H,4-5H2,(H,13,14).